The SMILES string of the molecule is O=C(NCc1ccccc1F)c1cc(NCc2ccco2)ncn1. The van der Waals surface area contributed by atoms with Gasteiger partial charge in [-0.25, -0.2) is 14.4 Å². The lowest BCUT2D eigenvalue weighted by molar-refractivity contribution is 0.0945. The second kappa shape index (κ2) is 7.36. The van der Waals surface area contributed by atoms with Crippen LogP contribution in [0.5, 0.6) is 0 Å². The van der Waals surface area contributed by atoms with Crippen molar-refractivity contribution in [2.24, 2.45) is 0 Å². The first kappa shape index (κ1) is 15.7. The lowest BCUT2D eigenvalue weighted by atomic mass is 10.2. The van der Waals surface area contributed by atoms with Gasteiger partial charge < -0.3 is 15.1 Å². The number of nitrogens with one attached hydrogen (secondary N) is 2. The van der Waals surface area contributed by atoms with Crippen molar-refractivity contribution in [3.63, 3.8) is 0 Å². The summed E-state index contributed by atoms with van der Waals surface area (Å²) >= 11 is 0. The lowest BCUT2D eigenvalue weighted by Gasteiger charge is -2.07. The summed E-state index contributed by atoms with van der Waals surface area (Å²) in [5, 5.41) is 5.68. The van der Waals surface area contributed by atoms with Crippen LogP contribution in [-0.4, -0.2) is 15.9 Å². The first-order chi connectivity index (χ1) is 11.7. The zero-order chi connectivity index (χ0) is 16.8. The Balaban J connectivity index is 1.60. The van der Waals surface area contributed by atoms with Crippen molar-refractivity contribution >= 4 is 11.7 Å². The standard InChI is InChI=1S/C17H15FN4O2/c18-14-6-2-1-4-12(14)9-20-17(23)15-8-16(22-11-21-15)19-10-13-5-3-7-24-13/h1-8,11H,9-10H2,(H,20,23)(H,19,21,22). The summed E-state index contributed by atoms with van der Waals surface area (Å²) in [5.41, 5.74) is 0.611. The van der Waals surface area contributed by atoms with Gasteiger partial charge in [0, 0.05) is 18.2 Å². The van der Waals surface area contributed by atoms with Crippen LogP contribution in [0.25, 0.3) is 0 Å². The Kier molecular flexibility index (Phi) is 4.81. The molecule has 0 bridgehead atoms. The topological polar surface area (TPSA) is 80.0 Å². The quantitative estimate of drug-likeness (QED) is 0.728. The number of nitrogens with zero attached hydrogens (tertiary/aromatic N) is 2. The third-order valence-corrected chi connectivity index (χ3v) is 3.32. The molecule has 1 amide bonds. The van der Waals surface area contributed by atoms with E-state index in [4.69, 9.17) is 4.42 Å². The molecule has 0 saturated heterocycles. The van der Waals surface area contributed by atoms with Crippen LogP contribution in [0.15, 0.2) is 59.5 Å². The third-order valence-electron chi connectivity index (χ3n) is 3.32. The van der Waals surface area contributed by atoms with Crippen molar-refractivity contribution in [3.05, 3.63) is 77.9 Å². The first-order valence-corrected chi connectivity index (χ1v) is 7.32. The van der Waals surface area contributed by atoms with Crippen LogP contribution >= 0.6 is 0 Å². The van der Waals surface area contributed by atoms with Gasteiger partial charge in [0.05, 0.1) is 12.8 Å². The Morgan fingerprint density at radius 1 is 1.12 bits per heavy atom. The molecule has 1 aromatic carbocycles. The van der Waals surface area contributed by atoms with Gasteiger partial charge in [-0.2, -0.15) is 0 Å². The van der Waals surface area contributed by atoms with Crippen molar-refractivity contribution in [2.75, 3.05) is 5.32 Å². The molecule has 7 heteroatoms. The van der Waals surface area contributed by atoms with E-state index in [0.29, 0.717) is 17.9 Å². The Bertz CT molecular complexity index is 821. The van der Waals surface area contributed by atoms with Gasteiger partial charge in [0.1, 0.15) is 29.4 Å². The molecule has 24 heavy (non-hydrogen) atoms. The van der Waals surface area contributed by atoms with E-state index in [1.165, 1.54) is 18.5 Å². The third kappa shape index (κ3) is 3.95. The minimum atomic E-state index is -0.401. The molecule has 3 rings (SSSR count). The number of hydrogen-bond acceptors (Lipinski definition) is 5. The second-order valence-electron chi connectivity index (χ2n) is 5.00. The maximum absolute atomic E-state index is 13.5. The molecule has 0 saturated carbocycles. The second-order valence-corrected chi connectivity index (χ2v) is 5.00. The number of anilines is 1. The van der Waals surface area contributed by atoms with Crippen LogP contribution < -0.4 is 10.6 Å². The van der Waals surface area contributed by atoms with Gasteiger partial charge in [-0.15, -0.1) is 0 Å². The van der Waals surface area contributed by atoms with Gasteiger partial charge in [0.25, 0.3) is 5.91 Å². The van der Waals surface area contributed by atoms with Gasteiger partial charge in [-0.1, -0.05) is 18.2 Å². The Morgan fingerprint density at radius 2 is 2.00 bits per heavy atom. The molecule has 0 atom stereocenters. The first-order valence-electron chi connectivity index (χ1n) is 7.32. The zero-order valence-electron chi connectivity index (χ0n) is 12.7. The fourth-order valence-corrected chi connectivity index (χ4v) is 2.08. The van der Waals surface area contributed by atoms with Gasteiger partial charge >= 0.3 is 0 Å². The summed E-state index contributed by atoms with van der Waals surface area (Å²) < 4.78 is 18.8. The Morgan fingerprint density at radius 3 is 2.79 bits per heavy atom. The molecular formula is C17H15FN4O2. The summed E-state index contributed by atoms with van der Waals surface area (Å²) in [7, 11) is 0. The maximum atomic E-state index is 13.5. The molecule has 2 aromatic heterocycles. The molecule has 0 fully saturated rings. The van der Waals surface area contributed by atoms with Gasteiger partial charge in [-0.3, -0.25) is 4.79 Å². The molecule has 122 valence electrons. The van der Waals surface area contributed by atoms with Crippen molar-refractivity contribution in [2.45, 2.75) is 13.1 Å². The monoisotopic (exact) mass is 326 g/mol. The highest BCUT2D eigenvalue weighted by Gasteiger charge is 2.10. The molecule has 2 N–H and O–H groups in total. The predicted molar refractivity (Wildman–Crippen MR) is 85.6 cm³/mol. The number of carbonyl (C=O) groups is 1. The fraction of sp³-hybridized carbons (Fsp3) is 0.118. The van der Waals surface area contributed by atoms with Crippen molar-refractivity contribution in [3.8, 4) is 0 Å². The van der Waals surface area contributed by atoms with Crippen LogP contribution in [0.4, 0.5) is 10.2 Å². The minimum Gasteiger partial charge on any atom is -0.467 e. The van der Waals surface area contributed by atoms with Gasteiger partial charge in [-0.05, 0) is 18.2 Å². The van der Waals surface area contributed by atoms with Crippen molar-refractivity contribution in [1.29, 1.82) is 0 Å². The largest absolute Gasteiger partial charge is 0.467 e. The summed E-state index contributed by atoms with van der Waals surface area (Å²) in [6.07, 6.45) is 2.88. The van der Waals surface area contributed by atoms with Gasteiger partial charge in [0.15, 0.2) is 0 Å². The normalized spacial score (nSPS) is 10.4. The molecule has 0 aliphatic carbocycles. The lowest BCUT2D eigenvalue weighted by Crippen LogP contribution is -2.24. The summed E-state index contributed by atoms with van der Waals surface area (Å²) in [6.45, 7) is 0.533. The average molecular weight is 326 g/mol. The van der Waals surface area contributed by atoms with E-state index in [2.05, 4.69) is 20.6 Å². The molecule has 0 aliphatic heterocycles. The van der Waals surface area contributed by atoms with E-state index < -0.39 is 5.91 Å². The molecule has 3 aromatic rings. The number of halogens is 1. The zero-order valence-corrected chi connectivity index (χ0v) is 12.7. The van der Waals surface area contributed by atoms with E-state index in [9.17, 15) is 9.18 Å². The van der Waals surface area contributed by atoms with E-state index in [0.717, 1.165) is 5.76 Å². The summed E-state index contributed by atoms with van der Waals surface area (Å²) in [6, 6.07) is 11.4. The maximum Gasteiger partial charge on any atom is 0.270 e. The number of furan rings is 1. The molecule has 6 nitrogen and oxygen atoms in total. The Labute approximate surface area is 137 Å². The average Bonchev–Trinajstić information content (AvgIpc) is 3.13. The molecule has 0 aliphatic rings. The highest BCUT2D eigenvalue weighted by Crippen LogP contribution is 2.09. The number of carbonyl (C=O) groups excluding carboxylic acids is 1. The van der Waals surface area contributed by atoms with E-state index in [1.807, 2.05) is 6.07 Å². The number of hydrogen-bond donors (Lipinski definition) is 2. The molecule has 0 unspecified atom stereocenters. The van der Waals surface area contributed by atoms with Crippen LogP contribution in [0.2, 0.25) is 0 Å². The van der Waals surface area contributed by atoms with Crippen LogP contribution in [0.1, 0.15) is 21.8 Å². The van der Waals surface area contributed by atoms with Crippen molar-refractivity contribution in [1.82, 2.24) is 15.3 Å². The number of benzene rings is 1. The van der Waals surface area contributed by atoms with Crippen LogP contribution in [0.3, 0.4) is 0 Å². The summed E-state index contributed by atoms with van der Waals surface area (Å²) in [4.78, 5) is 20.1. The minimum absolute atomic E-state index is 0.0880. The van der Waals surface area contributed by atoms with E-state index in [-0.39, 0.29) is 18.1 Å². The molecular weight excluding hydrogens is 311 g/mol. The predicted octanol–water partition coefficient (Wildman–Crippen LogP) is 2.75. The molecule has 0 radical (unpaired) electrons. The fourth-order valence-electron chi connectivity index (χ4n) is 2.08. The summed E-state index contributed by atoms with van der Waals surface area (Å²) in [5.74, 6) is 0.486. The van der Waals surface area contributed by atoms with Gasteiger partial charge in [0.2, 0.25) is 0 Å². The van der Waals surface area contributed by atoms with E-state index >= 15 is 0 Å². The van der Waals surface area contributed by atoms with Crippen LogP contribution in [-0.2, 0) is 13.1 Å². The van der Waals surface area contributed by atoms with Crippen molar-refractivity contribution < 1.29 is 13.6 Å². The Hall–Kier alpha value is -3.22. The number of aromatic nitrogens is 2. The highest BCUT2D eigenvalue weighted by molar-refractivity contribution is 5.92. The number of amides is 1. The molecule has 0 spiro atoms. The number of rotatable bonds is 6. The smallest absolute Gasteiger partial charge is 0.270 e. The van der Waals surface area contributed by atoms with E-state index in [1.54, 1.807) is 30.5 Å². The molecule has 2 heterocycles. The van der Waals surface area contributed by atoms with Crippen LogP contribution in [0, 0.1) is 5.82 Å². The highest BCUT2D eigenvalue weighted by atomic mass is 19.1.